The molecule has 1 N–H and O–H groups in total. The van der Waals surface area contributed by atoms with Crippen LogP contribution in [0.4, 0.5) is 5.82 Å². The Morgan fingerprint density at radius 3 is 2.83 bits per heavy atom. The van der Waals surface area contributed by atoms with Crippen molar-refractivity contribution in [3.8, 4) is 5.69 Å². The smallest absolute Gasteiger partial charge is 0.124 e. The van der Waals surface area contributed by atoms with Gasteiger partial charge in [0.1, 0.15) is 5.82 Å². The number of benzene rings is 1. The number of para-hydroxylation sites is 1. The number of thiazole rings is 1. The SMILES string of the molecule is c1ccc(-n2cc(Cn3nccc3NCc3cscn3)cn2)cc1. The van der Waals surface area contributed by atoms with Crippen LogP contribution in [0.3, 0.4) is 0 Å². The van der Waals surface area contributed by atoms with Crippen LogP contribution in [0, 0.1) is 0 Å². The van der Waals surface area contributed by atoms with Gasteiger partial charge in [-0.2, -0.15) is 10.2 Å². The summed E-state index contributed by atoms with van der Waals surface area (Å²) in [6, 6.07) is 12.0. The topological polar surface area (TPSA) is 60.6 Å². The van der Waals surface area contributed by atoms with Crippen molar-refractivity contribution in [1.29, 1.82) is 0 Å². The van der Waals surface area contributed by atoms with Gasteiger partial charge in [0.25, 0.3) is 0 Å². The lowest BCUT2D eigenvalue weighted by molar-refractivity contribution is 0.690. The molecule has 0 spiro atoms. The van der Waals surface area contributed by atoms with Crippen LogP contribution in [0.2, 0.25) is 0 Å². The van der Waals surface area contributed by atoms with E-state index in [0.29, 0.717) is 13.1 Å². The first-order valence-electron chi connectivity index (χ1n) is 7.60. The van der Waals surface area contributed by atoms with Crippen LogP contribution in [0.15, 0.2) is 65.9 Å². The molecule has 0 aliphatic heterocycles. The summed E-state index contributed by atoms with van der Waals surface area (Å²) >= 11 is 1.60. The zero-order chi connectivity index (χ0) is 16.2. The number of hydrogen-bond acceptors (Lipinski definition) is 5. The third kappa shape index (κ3) is 3.21. The Balaban J connectivity index is 1.46. The number of anilines is 1. The lowest BCUT2D eigenvalue weighted by atomic mass is 10.3. The van der Waals surface area contributed by atoms with Gasteiger partial charge in [-0.15, -0.1) is 11.3 Å². The molecule has 7 heteroatoms. The predicted octanol–water partition coefficient (Wildman–Crippen LogP) is 3.19. The average molecular weight is 336 g/mol. The Labute approximate surface area is 143 Å². The maximum atomic E-state index is 4.43. The van der Waals surface area contributed by atoms with Crippen LogP contribution >= 0.6 is 11.3 Å². The normalized spacial score (nSPS) is 10.8. The van der Waals surface area contributed by atoms with Gasteiger partial charge < -0.3 is 5.32 Å². The maximum Gasteiger partial charge on any atom is 0.124 e. The first kappa shape index (κ1) is 14.6. The molecule has 0 unspecified atom stereocenters. The minimum atomic E-state index is 0.666. The Hall–Kier alpha value is -2.93. The molecule has 3 aromatic heterocycles. The molecule has 4 aromatic rings. The van der Waals surface area contributed by atoms with E-state index in [0.717, 1.165) is 22.8 Å². The molecule has 24 heavy (non-hydrogen) atoms. The molecule has 0 bridgehead atoms. The van der Waals surface area contributed by atoms with E-state index in [2.05, 4.69) is 20.5 Å². The van der Waals surface area contributed by atoms with Gasteiger partial charge in [0.2, 0.25) is 0 Å². The molecule has 120 valence electrons. The van der Waals surface area contributed by atoms with Gasteiger partial charge in [-0.1, -0.05) is 18.2 Å². The van der Waals surface area contributed by atoms with Crippen molar-refractivity contribution in [1.82, 2.24) is 24.5 Å². The zero-order valence-electron chi connectivity index (χ0n) is 12.9. The summed E-state index contributed by atoms with van der Waals surface area (Å²) in [5.41, 5.74) is 5.02. The molecule has 3 heterocycles. The standard InChI is InChI=1S/C17H16N6S/c1-2-4-16(5-3-1)22-10-14(8-21-22)11-23-17(6-7-20-23)18-9-15-12-24-13-19-15/h1-8,10,12-13,18H,9,11H2. The van der Waals surface area contributed by atoms with E-state index in [-0.39, 0.29) is 0 Å². The molecule has 0 saturated heterocycles. The summed E-state index contributed by atoms with van der Waals surface area (Å²) in [4.78, 5) is 4.28. The molecule has 4 rings (SSSR count). The predicted molar refractivity (Wildman–Crippen MR) is 94.3 cm³/mol. The van der Waals surface area contributed by atoms with Gasteiger partial charge in [-0.05, 0) is 12.1 Å². The number of nitrogens with one attached hydrogen (secondary N) is 1. The first-order chi connectivity index (χ1) is 11.9. The Morgan fingerprint density at radius 2 is 2.00 bits per heavy atom. The van der Waals surface area contributed by atoms with Crippen LogP contribution in [0.1, 0.15) is 11.3 Å². The van der Waals surface area contributed by atoms with Crippen molar-refractivity contribution in [2.45, 2.75) is 13.1 Å². The highest BCUT2D eigenvalue weighted by molar-refractivity contribution is 7.07. The summed E-state index contributed by atoms with van der Waals surface area (Å²) < 4.78 is 3.81. The van der Waals surface area contributed by atoms with Crippen LogP contribution in [0.25, 0.3) is 5.69 Å². The molecule has 1 aromatic carbocycles. The number of nitrogens with zero attached hydrogens (tertiary/aromatic N) is 5. The van der Waals surface area contributed by atoms with Crippen molar-refractivity contribution < 1.29 is 0 Å². The van der Waals surface area contributed by atoms with Gasteiger partial charge >= 0.3 is 0 Å². The van der Waals surface area contributed by atoms with Crippen molar-refractivity contribution in [3.63, 3.8) is 0 Å². The number of rotatable bonds is 6. The van der Waals surface area contributed by atoms with E-state index < -0.39 is 0 Å². The first-order valence-corrected chi connectivity index (χ1v) is 8.54. The monoisotopic (exact) mass is 336 g/mol. The van der Waals surface area contributed by atoms with Crippen molar-refractivity contribution in [3.05, 3.63) is 77.1 Å². The lowest BCUT2D eigenvalue weighted by Gasteiger charge is -2.07. The number of aromatic nitrogens is 5. The largest absolute Gasteiger partial charge is 0.365 e. The molecular weight excluding hydrogens is 320 g/mol. The average Bonchev–Trinajstić information content (AvgIpc) is 3.37. The van der Waals surface area contributed by atoms with Crippen molar-refractivity contribution >= 4 is 17.2 Å². The van der Waals surface area contributed by atoms with E-state index in [9.17, 15) is 0 Å². The second kappa shape index (κ2) is 6.67. The molecule has 0 aliphatic carbocycles. The molecule has 6 nitrogen and oxygen atoms in total. The Morgan fingerprint density at radius 1 is 1.08 bits per heavy atom. The molecule has 0 saturated carbocycles. The fourth-order valence-electron chi connectivity index (χ4n) is 2.45. The van der Waals surface area contributed by atoms with E-state index in [1.54, 1.807) is 17.5 Å². The van der Waals surface area contributed by atoms with Crippen LogP contribution in [0.5, 0.6) is 0 Å². The van der Waals surface area contributed by atoms with Crippen molar-refractivity contribution in [2.75, 3.05) is 5.32 Å². The summed E-state index contributed by atoms with van der Waals surface area (Å²) in [7, 11) is 0. The second-order valence-corrected chi connectivity index (χ2v) is 6.05. The highest BCUT2D eigenvalue weighted by Gasteiger charge is 2.06. The Bertz CT molecular complexity index is 894. The zero-order valence-corrected chi connectivity index (χ0v) is 13.7. The number of hydrogen-bond donors (Lipinski definition) is 1. The van der Waals surface area contributed by atoms with Crippen molar-refractivity contribution in [2.24, 2.45) is 0 Å². The van der Waals surface area contributed by atoms with Crippen LogP contribution < -0.4 is 5.32 Å². The van der Waals surface area contributed by atoms with Gasteiger partial charge in [-0.25, -0.2) is 14.3 Å². The van der Waals surface area contributed by atoms with Gasteiger partial charge in [-0.3, -0.25) is 0 Å². The summed E-state index contributed by atoms with van der Waals surface area (Å²) in [6.45, 7) is 1.36. The molecule has 0 atom stereocenters. The van der Waals surface area contributed by atoms with E-state index >= 15 is 0 Å². The minimum Gasteiger partial charge on any atom is -0.365 e. The third-order valence-electron chi connectivity index (χ3n) is 3.64. The van der Waals surface area contributed by atoms with Gasteiger partial charge in [0.05, 0.1) is 42.4 Å². The molecule has 0 radical (unpaired) electrons. The summed E-state index contributed by atoms with van der Waals surface area (Å²) in [6.07, 6.45) is 5.70. The van der Waals surface area contributed by atoms with Crippen LogP contribution in [-0.4, -0.2) is 24.5 Å². The lowest BCUT2D eigenvalue weighted by Crippen LogP contribution is -2.08. The third-order valence-corrected chi connectivity index (χ3v) is 4.28. The Kier molecular flexibility index (Phi) is 4.07. The highest BCUT2D eigenvalue weighted by atomic mass is 32.1. The fourth-order valence-corrected chi connectivity index (χ4v) is 3.01. The molecule has 0 amide bonds. The van der Waals surface area contributed by atoms with E-state index in [1.165, 1.54) is 0 Å². The maximum absolute atomic E-state index is 4.43. The van der Waals surface area contributed by atoms with E-state index in [4.69, 9.17) is 0 Å². The summed E-state index contributed by atoms with van der Waals surface area (Å²) in [5.74, 6) is 0.968. The second-order valence-electron chi connectivity index (χ2n) is 5.34. The highest BCUT2D eigenvalue weighted by Crippen LogP contribution is 2.13. The summed E-state index contributed by atoms with van der Waals surface area (Å²) in [5, 5.41) is 14.2. The van der Waals surface area contributed by atoms with E-state index in [1.807, 2.05) is 69.0 Å². The minimum absolute atomic E-state index is 0.666. The fraction of sp³-hybridized carbons (Fsp3) is 0.118. The quantitative estimate of drug-likeness (QED) is 0.587. The van der Waals surface area contributed by atoms with Gasteiger partial charge in [0.15, 0.2) is 0 Å². The van der Waals surface area contributed by atoms with Gasteiger partial charge in [0, 0.05) is 23.2 Å². The van der Waals surface area contributed by atoms with Crippen LogP contribution in [-0.2, 0) is 13.1 Å². The molecule has 0 fully saturated rings. The molecular formula is C17H16N6S. The molecule has 0 aliphatic rings.